The second-order valence-corrected chi connectivity index (χ2v) is 18.7. The lowest BCUT2D eigenvalue weighted by atomic mass is 9.85. The summed E-state index contributed by atoms with van der Waals surface area (Å²) in [6.07, 6.45) is -0.957. The summed E-state index contributed by atoms with van der Waals surface area (Å²) in [5.74, 6) is -0.618. The molecule has 6 atom stereocenters. The van der Waals surface area contributed by atoms with Gasteiger partial charge in [0.15, 0.2) is 11.5 Å². The van der Waals surface area contributed by atoms with E-state index in [0.717, 1.165) is 5.56 Å². The van der Waals surface area contributed by atoms with E-state index in [1.165, 1.54) is 4.90 Å². The van der Waals surface area contributed by atoms with Crippen LogP contribution in [0.3, 0.4) is 0 Å². The van der Waals surface area contributed by atoms with E-state index in [1.54, 1.807) is 12.1 Å². The molecule has 0 aliphatic carbocycles. The summed E-state index contributed by atoms with van der Waals surface area (Å²) in [6, 6.07) is 1.09. The van der Waals surface area contributed by atoms with Gasteiger partial charge in [-0.15, -0.1) is 10.7 Å². The molecule has 0 saturated carbocycles. The average molecular weight is 769 g/mol. The fourth-order valence-corrected chi connectivity index (χ4v) is 7.05. The number of likely N-dealkylation sites (N-methyl/N-ethyl adjacent to an activating group) is 1. The third kappa shape index (κ3) is 12.5. The molecule has 2 unspecified atom stereocenters. The van der Waals surface area contributed by atoms with Gasteiger partial charge in [-0.05, 0) is 73.4 Å². The summed E-state index contributed by atoms with van der Waals surface area (Å²) in [6.45, 7) is 18.7. The van der Waals surface area contributed by atoms with E-state index in [9.17, 15) is 28.0 Å². The van der Waals surface area contributed by atoms with E-state index >= 15 is 0 Å². The zero-order valence-corrected chi connectivity index (χ0v) is 34.1. The normalized spacial score (nSPS) is 19.7. The van der Waals surface area contributed by atoms with Crippen LogP contribution in [0, 0.1) is 22.7 Å². The van der Waals surface area contributed by atoms with Gasteiger partial charge in [0.2, 0.25) is 30.9 Å². The molecule has 1 aromatic carbocycles. The number of hydrogen-bond acceptors (Lipinski definition) is 7. The average Bonchev–Trinajstić information content (AvgIpc) is 3.72. The first-order valence-electron chi connectivity index (χ1n) is 18.4. The minimum atomic E-state index is -2.86. The largest absolute Gasteiger partial charge is 0.454 e. The first kappa shape index (κ1) is 43.9. The number of amides is 5. The lowest BCUT2D eigenvalue weighted by molar-refractivity contribution is -0.142. The van der Waals surface area contributed by atoms with Gasteiger partial charge in [-0.2, -0.15) is 0 Å². The molecule has 2 heterocycles. The van der Waals surface area contributed by atoms with Gasteiger partial charge in [0, 0.05) is 32.1 Å². The van der Waals surface area contributed by atoms with Crippen molar-refractivity contribution in [2.24, 2.45) is 22.7 Å². The lowest BCUT2D eigenvalue weighted by Crippen LogP contribution is -2.61. The van der Waals surface area contributed by atoms with Gasteiger partial charge >= 0.3 is 6.03 Å². The molecule has 1 aromatic rings. The number of fused-ring (bicyclic) bond motifs is 1. The molecule has 0 radical (unpaired) electrons. The van der Waals surface area contributed by atoms with E-state index in [-0.39, 0.29) is 60.3 Å². The fourth-order valence-electron chi connectivity index (χ4n) is 6.31. The number of nitrogens with one attached hydrogen (secondary N) is 4. The third-order valence-electron chi connectivity index (χ3n) is 10.1. The molecule has 12 nitrogen and oxygen atoms in total. The van der Waals surface area contributed by atoms with Crippen LogP contribution >= 0.6 is 10.7 Å². The van der Waals surface area contributed by atoms with Gasteiger partial charge in [0.1, 0.15) is 18.1 Å². The second-order valence-electron chi connectivity index (χ2n) is 16.6. The maximum Gasteiger partial charge on any atom is 0.315 e. The molecule has 5 amide bonds. The van der Waals surface area contributed by atoms with Crippen molar-refractivity contribution in [1.29, 1.82) is 0 Å². The third-order valence-corrected chi connectivity index (χ3v) is 11.9. The van der Waals surface area contributed by atoms with Gasteiger partial charge in [-0.25, -0.2) is 13.6 Å². The zero-order valence-electron chi connectivity index (χ0n) is 33.3. The van der Waals surface area contributed by atoms with Crippen molar-refractivity contribution < 1.29 is 37.4 Å². The quantitative estimate of drug-likeness (QED) is 0.188. The first-order valence-corrected chi connectivity index (χ1v) is 20.0. The minimum absolute atomic E-state index is 0.0628. The second kappa shape index (κ2) is 18.7. The molecule has 0 aromatic heterocycles. The van der Waals surface area contributed by atoms with Crippen LogP contribution in [0.5, 0.6) is 11.5 Å². The number of rotatable bonds is 15. The van der Waals surface area contributed by atoms with Gasteiger partial charge in [0.05, 0.1) is 0 Å². The van der Waals surface area contributed by atoms with Crippen molar-refractivity contribution in [3.63, 3.8) is 0 Å². The highest BCUT2D eigenvalue weighted by molar-refractivity contribution is 8.12. The van der Waals surface area contributed by atoms with Crippen LogP contribution in [0.1, 0.15) is 80.7 Å². The summed E-state index contributed by atoms with van der Waals surface area (Å²) in [5.41, 5.74) is -0.186. The number of urea groups is 1. The van der Waals surface area contributed by atoms with Crippen LogP contribution in [-0.2, 0) is 20.8 Å². The summed E-state index contributed by atoms with van der Waals surface area (Å²) in [7, 11) is 1.90. The Morgan fingerprint density at radius 2 is 1.68 bits per heavy atom. The van der Waals surface area contributed by atoms with Crippen molar-refractivity contribution in [2.45, 2.75) is 112 Å². The summed E-state index contributed by atoms with van der Waals surface area (Å²) in [4.78, 5) is 56.6. The van der Waals surface area contributed by atoms with Gasteiger partial charge in [-0.3, -0.25) is 18.7 Å². The lowest BCUT2D eigenvalue weighted by Gasteiger charge is -2.38. The zero-order chi connectivity index (χ0) is 39.8. The Labute approximate surface area is 316 Å². The highest BCUT2D eigenvalue weighted by Gasteiger charge is 2.46. The van der Waals surface area contributed by atoms with Crippen molar-refractivity contribution in [2.75, 3.05) is 39.7 Å². The van der Waals surface area contributed by atoms with Crippen molar-refractivity contribution in [1.82, 2.24) is 30.5 Å². The number of halogens is 2. The van der Waals surface area contributed by atoms with Crippen molar-refractivity contribution >= 4 is 39.8 Å². The molecule has 4 N–H and O–H groups in total. The van der Waals surface area contributed by atoms with Gasteiger partial charge in [-0.1, -0.05) is 66.8 Å². The van der Waals surface area contributed by atoms with E-state index < -0.39 is 60.1 Å². The maximum absolute atomic E-state index is 14.4. The molecule has 2 aliphatic heterocycles. The number of likely N-dealkylation sites (tertiary alicyclic amines) is 1. The number of benzene rings is 1. The number of nitrogens with zero attached hydrogens (tertiary/aromatic N) is 2. The number of carbonyl (C=O) groups excluding carboxylic acids is 4. The molecule has 2 aliphatic rings. The molecule has 15 heteroatoms. The number of carbonyl (C=O) groups is 4. The predicted octanol–water partition coefficient (Wildman–Crippen LogP) is 4.78. The standard InChI is InChI=1S/C38H62F2N6O6S/c1-12-53(11)45(10)21-30(37(4,5)6)43-36(50)44-32(38(7,8)9)35(49)46-20-25(23(2)3)18-27(46)34(48)42-26(19-31(39)40)33(47)41-16-15-24-13-14-28-29(17-24)52-22-51-28/h12-14,17,23,25-27,30-32H,15-16,18-22H2,1-11H3,(H,41,47)(H,42,48)(H2,43,44,50)/t25?,26-,27-,30+,32+,53?/m0/s1. The van der Waals surface area contributed by atoms with Crippen LogP contribution < -0.4 is 30.7 Å². The van der Waals surface area contributed by atoms with Gasteiger partial charge in [0.25, 0.3) is 0 Å². The monoisotopic (exact) mass is 768 g/mol. The predicted molar refractivity (Wildman–Crippen MR) is 206 cm³/mol. The molecule has 53 heavy (non-hydrogen) atoms. The summed E-state index contributed by atoms with van der Waals surface area (Å²) < 4.78 is 40.4. The number of alkyl halides is 2. The Balaban J connectivity index is 1.76. The van der Waals surface area contributed by atoms with Crippen molar-refractivity contribution in [3.8, 4) is 11.5 Å². The highest BCUT2D eigenvalue weighted by Crippen LogP contribution is 2.34. The fraction of sp³-hybridized carbons (Fsp3) is 0.711. The van der Waals surface area contributed by atoms with Gasteiger partial charge < -0.3 is 35.6 Å². The van der Waals surface area contributed by atoms with Crippen LogP contribution in [0.25, 0.3) is 0 Å². The Morgan fingerprint density at radius 1 is 1.02 bits per heavy atom. The minimum Gasteiger partial charge on any atom is -0.454 e. The smallest absolute Gasteiger partial charge is 0.315 e. The maximum atomic E-state index is 14.4. The molecular formula is C38H62F2N6O6S. The van der Waals surface area contributed by atoms with Crippen LogP contribution in [0.15, 0.2) is 18.2 Å². The van der Waals surface area contributed by atoms with Crippen LogP contribution in [0.4, 0.5) is 13.6 Å². The Morgan fingerprint density at radius 3 is 2.26 bits per heavy atom. The Bertz CT molecular complexity index is 1480. The van der Waals surface area contributed by atoms with Crippen LogP contribution in [0.2, 0.25) is 0 Å². The number of ether oxygens (including phenoxy) is 2. The van der Waals surface area contributed by atoms with Crippen molar-refractivity contribution in [3.05, 3.63) is 23.8 Å². The summed E-state index contributed by atoms with van der Waals surface area (Å²) in [5, 5.41) is 13.3. The molecule has 0 bridgehead atoms. The van der Waals surface area contributed by atoms with Crippen LogP contribution in [-0.4, -0.2) is 109 Å². The molecule has 3 rings (SSSR count). The molecule has 300 valence electrons. The SMILES string of the molecule is CC=S(C)N(C)C[C@@H](NC(=O)N[C@H](C(=O)N1CC(C(C)C)C[C@H]1C(=O)N[C@@H](CC(F)F)C(=O)NCCc1ccc2c(c1)OCO2)C(C)(C)C)C(C)(C)C. The topological polar surface area (TPSA) is 141 Å². The van der Waals surface area contributed by atoms with E-state index in [2.05, 4.69) is 37.2 Å². The highest BCUT2D eigenvalue weighted by atomic mass is 32.2. The molecule has 0 spiro atoms. The molecular weight excluding hydrogens is 707 g/mol. The Kier molecular flexibility index (Phi) is 15.5. The molecule has 1 fully saturated rings. The van der Waals surface area contributed by atoms with E-state index in [1.807, 2.05) is 75.4 Å². The first-order chi connectivity index (χ1) is 24.6. The summed E-state index contributed by atoms with van der Waals surface area (Å²) >= 11 is 0. The van der Waals surface area contributed by atoms with E-state index in [0.29, 0.717) is 24.5 Å². The molecule has 1 saturated heterocycles. The number of hydrogen-bond donors (Lipinski definition) is 4. The van der Waals surface area contributed by atoms with E-state index in [4.69, 9.17) is 9.47 Å². The Hall–Kier alpha value is -3.46.